The molecule has 7 heteroatoms. The highest BCUT2D eigenvalue weighted by molar-refractivity contribution is 5.56. The van der Waals surface area contributed by atoms with Gasteiger partial charge in [0.05, 0.1) is 24.6 Å². The van der Waals surface area contributed by atoms with E-state index in [1.807, 2.05) is 12.3 Å². The largest absolute Gasteiger partial charge is 0.472 e. The van der Waals surface area contributed by atoms with Gasteiger partial charge in [0.2, 0.25) is 0 Å². The van der Waals surface area contributed by atoms with Gasteiger partial charge in [-0.3, -0.25) is 9.80 Å². The number of rotatable bonds is 3. The number of furan rings is 1. The Balaban J connectivity index is 1.45. The molecule has 0 unspecified atom stereocenters. The van der Waals surface area contributed by atoms with Crippen molar-refractivity contribution in [2.45, 2.75) is 31.5 Å². The van der Waals surface area contributed by atoms with E-state index < -0.39 is 0 Å². The first-order chi connectivity index (χ1) is 13.6. The number of likely N-dealkylation sites (N-methyl/N-ethyl adjacent to an activating group) is 1. The minimum Gasteiger partial charge on any atom is -0.472 e. The zero-order valence-electron chi connectivity index (χ0n) is 16.0. The number of hydrogen-bond acceptors (Lipinski definition) is 5. The number of piperidine rings is 1. The third-order valence-electron chi connectivity index (χ3n) is 6.06. The summed E-state index contributed by atoms with van der Waals surface area (Å²) in [5.74, 6) is 1.62. The molecular formula is C21H24FN5O. The lowest BCUT2D eigenvalue weighted by Gasteiger charge is -2.48. The summed E-state index contributed by atoms with van der Waals surface area (Å²) in [5.41, 5.74) is 2.11. The zero-order valence-corrected chi connectivity index (χ0v) is 16.0. The van der Waals surface area contributed by atoms with Crippen molar-refractivity contribution < 1.29 is 8.81 Å². The van der Waals surface area contributed by atoms with Gasteiger partial charge in [-0.1, -0.05) is 0 Å². The van der Waals surface area contributed by atoms with Crippen LogP contribution in [0.15, 0.2) is 47.3 Å². The molecule has 5 rings (SSSR count). The fourth-order valence-corrected chi connectivity index (χ4v) is 4.72. The minimum absolute atomic E-state index is 0.0253. The molecule has 0 N–H and O–H groups in total. The Bertz CT molecular complexity index is 942. The predicted molar refractivity (Wildman–Crippen MR) is 103 cm³/mol. The fourth-order valence-electron chi connectivity index (χ4n) is 4.72. The minimum atomic E-state index is -0.232. The normalized spacial score (nSPS) is 19.8. The highest BCUT2D eigenvalue weighted by atomic mass is 19.1. The molecule has 0 radical (unpaired) electrons. The highest BCUT2D eigenvalue weighted by Crippen LogP contribution is 2.39. The maximum atomic E-state index is 13.4. The topological polar surface area (TPSA) is 50.3 Å². The molecule has 146 valence electrons. The lowest BCUT2D eigenvalue weighted by Crippen LogP contribution is -2.55. The van der Waals surface area contributed by atoms with E-state index in [4.69, 9.17) is 4.42 Å². The Morgan fingerprint density at radius 2 is 1.89 bits per heavy atom. The van der Waals surface area contributed by atoms with E-state index in [0.717, 1.165) is 62.8 Å². The van der Waals surface area contributed by atoms with Crippen molar-refractivity contribution in [2.75, 3.05) is 26.7 Å². The van der Waals surface area contributed by atoms with Gasteiger partial charge in [0, 0.05) is 37.3 Å². The molecule has 28 heavy (non-hydrogen) atoms. The van der Waals surface area contributed by atoms with Crippen molar-refractivity contribution in [1.82, 2.24) is 24.6 Å². The Morgan fingerprint density at radius 3 is 2.61 bits per heavy atom. The number of hydrogen-bond donors (Lipinski definition) is 0. The summed E-state index contributed by atoms with van der Waals surface area (Å²) in [6, 6.07) is 8.61. The van der Waals surface area contributed by atoms with Crippen LogP contribution in [0.4, 0.5) is 4.39 Å². The number of aromatic nitrogens is 3. The molecule has 0 bridgehead atoms. The number of fused-ring (bicyclic) bond motifs is 2. The molecule has 1 saturated heterocycles. The van der Waals surface area contributed by atoms with Crippen LogP contribution in [0, 0.1) is 5.82 Å². The zero-order chi connectivity index (χ0) is 19.1. The Kier molecular flexibility index (Phi) is 4.29. The molecule has 0 saturated carbocycles. The first-order valence-corrected chi connectivity index (χ1v) is 9.76. The molecule has 2 aliphatic heterocycles. The van der Waals surface area contributed by atoms with E-state index in [-0.39, 0.29) is 11.4 Å². The van der Waals surface area contributed by atoms with Crippen LogP contribution in [0.1, 0.15) is 24.2 Å². The molecule has 1 fully saturated rings. The first-order valence-electron chi connectivity index (χ1n) is 9.76. The summed E-state index contributed by atoms with van der Waals surface area (Å²) in [5, 5.41) is 8.99. The molecule has 2 aliphatic rings. The third-order valence-corrected chi connectivity index (χ3v) is 6.06. The van der Waals surface area contributed by atoms with Crippen LogP contribution in [-0.2, 0) is 18.6 Å². The lowest BCUT2D eigenvalue weighted by molar-refractivity contribution is 0.0490. The number of nitrogens with zero attached hydrogens (tertiary/aromatic N) is 5. The van der Waals surface area contributed by atoms with Crippen molar-refractivity contribution in [2.24, 2.45) is 0 Å². The van der Waals surface area contributed by atoms with Crippen LogP contribution in [0.2, 0.25) is 0 Å². The van der Waals surface area contributed by atoms with Gasteiger partial charge in [-0.25, -0.2) is 4.39 Å². The number of benzene rings is 1. The van der Waals surface area contributed by atoms with Crippen molar-refractivity contribution in [3.63, 3.8) is 0 Å². The maximum Gasteiger partial charge on any atom is 0.164 e. The van der Waals surface area contributed by atoms with Gasteiger partial charge in [0.1, 0.15) is 11.6 Å². The van der Waals surface area contributed by atoms with Crippen molar-refractivity contribution in [3.05, 3.63) is 60.1 Å². The van der Waals surface area contributed by atoms with Crippen molar-refractivity contribution in [1.29, 1.82) is 0 Å². The standard InChI is InChI=1S/C21H24FN5O/c1-25-13-19-23-24-20(17-2-4-18(22)5-3-17)27(19)21(15-25)7-9-26(10-8-21)12-16-6-11-28-14-16/h2-6,11,14H,7-10,12-13,15H2,1H3. The molecule has 2 aromatic heterocycles. The maximum absolute atomic E-state index is 13.4. The second-order valence-electron chi connectivity index (χ2n) is 8.09. The van der Waals surface area contributed by atoms with E-state index in [1.54, 1.807) is 18.4 Å². The number of likely N-dealkylation sites (tertiary alicyclic amines) is 1. The van der Waals surface area contributed by atoms with Gasteiger partial charge in [-0.05, 0) is 50.2 Å². The van der Waals surface area contributed by atoms with E-state index in [2.05, 4.69) is 31.6 Å². The number of halogens is 1. The third kappa shape index (κ3) is 3.04. The van der Waals surface area contributed by atoms with Gasteiger partial charge in [0.25, 0.3) is 0 Å². The van der Waals surface area contributed by atoms with Gasteiger partial charge in [0.15, 0.2) is 5.82 Å². The summed E-state index contributed by atoms with van der Waals surface area (Å²) in [7, 11) is 2.15. The monoisotopic (exact) mass is 381 g/mol. The van der Waals surface area contributed by atoms with Gasteiger partial charge in [-0.2, -0.15) is 0 Å². The molecule has 1 aromatic carbocycles. The molecule has 4 heterocycles. The van der Waals surface area contributed by atoms with Crippen LogP contribution in [0.5, 0.6) is 0 Å². The highest BCUT2D eigenvalue weighted by Gasteiger charge is 2.43. The van der Waals surface area contributed by atoms with E-state index in [1.165, 1.54) is 17.7 Å². The molecule has 6 nitrogen and oxygen atoms in total. The van der Waals surface area contributed by atoms with Crippen LogP contribution in [0.3, 0.4) is 0 Å². The molecule has 3 aromatic rings. The van der Waals surface area contributed by atoms with E-state index >= 15 is 0 Å². The van der Waals surface area contributed by atoms with Crippen molar-refractivity contribution in [3.8, 4) is 11.4 Å². The fraction of sp³-hybridized carbons (Fsp3) is 0.429. The summed E-state index contributed by atoms with van der Waals surface area (Å²) >= 11 is 0. The second kappa shape index (κ2) is 6.83. The Labute approximate surface area is 163 Å². The SMILES string of the molecule is CN1Cc2nnc(-c3ccc(F)cc3)n2C2(CCN(Cc3ccoc3)CC2)C1. The molecule has 1 spiro atoms. The summed E-state index contributed by atoms with van der Waals surface area (Å²) in [6.45, 7) is 4.71. The first kappa shape index (κ1) is 17.6. The van der Waals surface area contributed by atoms with Crippen LogP contribution in [-0.4, -0.2) is 51.2 Å². The smallest absolute Gasteiger partial charge is 0.164 e. The summed E-state index contributed by atoms with van der Waals surface area (Å²) in [6.07, 6.45) is 5.63. The average molecular weight is 381 g/mol. The molecular weight excluding hydrogens is 357 g/mol. The van der Waals surface area contributed by atoms with Crippen LogP contribution in [0.25, 0.3) is 11.4 Å². The van der Waals surface area contributed by atoms with Crippen LogP contribution >= 0.6 is 0 Å². The molecule has 0 aliphatic carbocycles. The lowest BCUT2D eigenvalue weighted by atomic mass is 9.84. The molecule has 0 amide bonds. The average Bonchev–Trinajstić information content (AvgIpc) is 3.34. The van der Waals surface area contributed by atoms with E-state index in [0.29, 0.717) is 0 Å². The molecule has 0 atom stereocenters. The Morgan fingerprint density at radius 1 is 1.11 bits per heavy atom. The summed E-state index contributed by atoms with van der Waals surface area (Å²) in [4.78, 5) is 4.82. The summed E-state index contributed by atoms with van der Waals surface area (Å²) < 4.78 is 21.0. The van der Waals surface area contributed by atoms with E-state index in [9.17, 15) is 4.39 Å². The van der Waals surface area contributed by atoms with Gasteiger partial charge < -0.3 is 8.98 Å². The Hall–Kier alpha value is -2.51. The van der Waals surface area contributed by atoms with Gasteiger partial charge >= 0.3 is 0 Å². The van der Waals surface area contributed by atoms with Crippen molar-refractivity contribution >= 4 is 0 Å². The quantitative estimate of drug-likeness (QED) is 0.698. The van der Waals surface area contributed by atoms with Gasteiger partial charge in [-0.15, -0.1) is 10.2 Å². The van der Waals surface area contributed by atoms with Crippen LogP contribution < -0.4 is 0 Å². The predicted octanol–water partition coefficient (Wildman–Crippen LogP) is 3.11. The second-order valence-corrected chi connectivity index (χ2v) is 8.09.